The van der Waals surface area contributed by atoms with Crippen molar-refractivity contribution in [3.63, 3.8) is 0 Å². The van der Waals surface area contributed by atoms with Crippen LogP contribution in [0.3, 0.4) is 0 Å². The molecule has 1 saturated carbocycles. The van der Waals surface area contributed by atoms with Crippen molar-refractivity contribution in [1.29, 1.82) is 0 Å². The molecule has 0 aromatic heterocycles. The molecule has 0 spiro atoms. The Bertz CT molecular complexity index is 709. The summed E-state index contributed by atoms with van der Waals surface area (Å²) in [5.41, 5.74) is 0.939. The molecular weight excluding hydrogens is 344 g/mol. The van der Waals surface area contributed by atoms with E-state index in [1.54, 1.807) is 24.3 Å². The molecule has 0 bridgehead atoms. The smallest absolute Gasteiger partial charge is 0.337 e. The Morgan fingerprint density at radius 3 is 2.32 bits per heavy atom. The van der Waals surface area contributed by atoms with E-state index in [0.717, 1.165) is 25.7 Å². The number of nitrogens with one attached hydrogen (secondary N) is 1. The van der Waals surface area contributed by atoms with Crippen LogP contribution in [0.25, 0.3) is 0 Å². The Hall–Kier alpha value is -1.93. The summed E-state index contributed by atoms with van der Waals surface area (Å²) in [6.07, 6.45) is 5.02. The first kappa shape index (κ1) is 19.4. The van der Waals surface area contributed by atoms with Crippen molar-refractivity contribution in [2.45, 2.75) is 38.1 Å². The van der Waals surface area contributed by atoms with Crippen LogP contribution in [0.5, 0.6) is 0 Å². The lowest BCUT2D eigenvalue weighted by atomic mass is 10.2. The van der Waals surface area contributed by atoms with E-state index < -0.39 is 16.0 Å². The Morgan fingerprint density at radius 2 is 1.80 bits per heavy atom. The number of amides is 1. The summed E-state index contributed by atoms with van der Waals surface area (Å²) in [5.74, 6) is -0.712. The first-order valence-electron chi connectivity index (χ1n) is 8.26. The molecule has 1 amide bonds. The van der Waals surface area contributed by atoms with Crippen molar-refractivity contribution in [1.82, 2.24) is 4.31 Å². The van der Waals surface area contributed by atoms with Crippen LogP contribution in [0.4, 0.5) is 5.69 Å². The number of hydrogen-bond acceptors (Lipinski definition) is 5. The zero-order valence-electron chi connectivity index (χ0n) is 14.5. The van der Waals surface area contributed by atoms with Crippen LogP contribution in [0.1, 0.15) is 42.5 Å². The van der Waals surface area contributed by atoms with Crippen LogP contribution in [0, 0.1) is 0 Å². The van der Waals surface area contributed by atoms with Gasteiger partial charge in [-0.3, -0.25) is 4.79 Å². The lowest BCUT2D eigenvalue weighted by Gasteiger charge is -2.26. The van der Waals surface area contributed by atoms with E-state index in [-0.39, 0.29) is 24.9 Å². The fraction of sp³-hybridized carbons (Fsp3) is 0.529. The topological polar surface area (TPSA) is 92.8 Å². The van der Waals surface area contributed by atoms with Crippen molar-refractivity contribution >= 4 is 27.6 Å². The quantitative estimate of drug-likeness (QED) is 0.743. The number of sulfonamides is 1. The van der Waals surface area contributed by atoms with Crippen molar-refractivity contribution < 1.29 is 22.7 Å². The second kappa shape index (κ2) is 8.44. The minimum Gasteiger partial charge on any atom is -0.465 e. The molecule has 0 radical (unpaired) electrons. The second-order valence-electron chi connectivity index (χ2n) is 6.18. The van der Waals surface area contributed by atoms with Crippen molar-refractivity contribution in [3.05, 3.63) is 29.8 Å². The number of hydrogen-bond donors (Lipinski definition) is 1. The van der Waals surface area contributed by atoms with Gasteiger partial charge in [-0.1, -0.05) is 12.8 Å². The SMILES string of the molecule is COC(=O)c1ccc(NC(=O)CCN(C2CCCC2)S(C)(=O)=O)cc1. The summed E-state index contributed by atoms with van der Waals surface area (Å²) in [6, 6.07) is 6.33. The molecule has 1 fully saturated rings. The van der Waals surface area contributed by atoms with Gasteiger partial charge in [0, 0.05) is 24.7 Å². The van der Waals surface area contributed by atoms with Crippen LogP contribution < -0.4 is 5.32 Å². The highest BCUT2D eigenvalue weighted by Gasteiger charge is 2.29. The van der Waals surface area contributed by atoms with Crippen molar-refractivity contribution in [2.75, 3.05) is 25.2 Å². The molecule has 0 unspecified atom stereocenters. The molecule has 25 heavy (non-hydrogen) atoms. The van der Waals surface area contributed by atoms with Gasteiger partial charge in [-0.25, -0.2) is 13.2 Å². The summed E-state index contributed by atoms with van der Waals surface area (Å²) < 4.78 is 30.0. The van der Waals surface area contributed by atoms with Gasteiger partial charge in [0.15, 0.2) is 0 Å². The second-order valence-corrected chi connectivity index (χ2v) is 8.11. The van der Waals surface area contributed by atoms with Crippen molar-refractivity contribution in [3.8, 4) is 0 Å². The molecule has 1 aliphatic carbocycles. The lowest BCUT2D eigenvalue weighted by Crippen LogP contribution is -2.39. The van der Waals surface area contributed by atoms with Crippen LogP contribution in [-0.4, -0.2) is 50.6 Å². The average molecular weight is 368 g/mol. The maximum atomic E-state index is 12.1. The van der Waals surface area contributed by atoms with E-state index in [0.29, 0.717) is 11.3 Å². The predicted molar refractivity (Wildman–Crippen MR) is 94.8 cm³/mol. The van der Waals surface area contributed by atoms with Crippen LogP contribution in [-0.2, 0) is 19.6 Å². The Morgan fingerprint density at radius 1 is 1.20 bits per heavy atom. The summed E-state index contributed by atoms with van der Waals surface area (Å²) in [4.78, 5) is 23.5. The van der Waals surface area contributed by atoms with Crippen molar-refractivity contribution in [2.24, 2.45) is 0 Å². The van der Waals surface area contributed by atoms with Gasteiger partial charge in [-0.2, -0.15) is 4.31 Å². The number of carbonyl (C=O) groups is 2. The van der Waals surface area contributed by atoms with Gasteiger partial charge in [0.1, 0.15) is 0 Å². The average Bonchev–Trinajstić information content (AvgIpc) is 3.07. The van der Waals surface area contributed by atoms with E-state index >= 15 is 0 Å². The Kier molecular flexibility index (Phi) is 6.55. The maximum absolute atomic E-state index is 12.1. The molecule has 1 N–H and O–H groups in total. The summed E-state index contributed by atoms with van der Waals surface area (Å²) in [7, 11) is -2.03. The third-order valence-electron chi connectivity index (χ3n) is 4.31. The van der Waals surface area contributed by atoms with Gasteiger partial charge in [-0.15, -0.1) is 0 Å². The molecule has 2 rings (SSSR count). The highest BCUT2D eigenvalue weighted by molar-refractivity contribution is 7.88. The van der Waals surface area contributed by atoms with Gasteiger partial charge in [-0.05, 0) is 37.1 Å². The zero-order valence-corrected chi connectivity index (χ0v) is 15.3. The van der Waals surface area contributed by atoms with Crippen LogP contribution in [0.15, 0.2) is 24.3 Å². The first-order valence-corrected chi connectivity index (χ1v) is 10.1. The number of benzene rings is 1. The van der Waals surface area contributed by atoms with Gasteiger partial charge in [0.2, 0.25) is 15.9 Å². The number of anilines is 1. The van der Waals surface area contributed by atoms with Gasteiger partial charge >= 0.3 is 5.97 Å². The molecule has 138 valence electrons. The molecule has 7 nitrogen and oxygen atoms in total. The third kappa shape index (κ3) is 5.54. The number of rotatable bonds is 7. The molecule has 0 atom stereocenters. The van der Waals surface area contributed by atoms with E-state index in [1.807, 2.05) is 0 Å². The molecule has 0 saturated heterocycles. The summed E-state index contributed by atoms with van der Waals surface area (Å²) >= 11 is 0. The molecule has 1 aliphatic rings. The fourth-order valence-corrected chi connectivity index (χ4v) is 4.23. The Labute approximate surface area is 148 Å². The van der Waals surface area contributed by atoms with E-state index in [9.17, 15) is 18.0 Å². The maximum Gasteiger partial charge on any atom is 0.337 e. The molecule has 1 aromatic carbocycles. The number of carbonyl (C=O) groups excluding carboxylic acids is 2. The molecule has 8 heteroatoms. The zero-order chi connectivity index (χ0) is 18.4. The third-order valence-corrected chi connectivity index (χ3v) is 5.64. The minimum atomic E-state index is -3.33. The van der Waals surface area contributed by atoms with E-state index in [4.69, 9.17) is 0 Å². The molecule has 1 aromatic rings. The van der Waals surface area contributed by atoms with Gasteiger partial charge in [0.05, 0.1) is 18.9 Å². The first-order chi connectivity index (χ1) is 11.8. The number of methoxy groups -OCH3 is 1. The number of ether oxygens (including phenoxy) is 1. The normalized spacial score (nSPS) is 15.3. The van der Waals surface area contributed by atoms with Crippen LogP contribution in [0.2, 0.25) is 0 Å². The van der Waals surface area contributed by atoms with E-state index in [2.05, 4.69) is 10.1 Å². The number of esters is 1. The van der Waals surface area contributed by atoms with Crippen LogP contribution >= 0.6 is 0 Å². The minimum absolute atomic E-state index is 0.00198. The largest absolute Gasteiger partial charge is 0.465 e. The molecule has 0 heterocycles. The highest BCUT2D eigenvalue weighted by Crippen LogP contribution is 2.25. The van der Waals surface area contributed by atoms with Gasteiger partial charge < -0.3 is 10.1 Å². The molecule has 0 aliphatic heterocycles. The summed E-state index contributed by atoms with van der Waals surface area (Å²) in [6.45, 7) is 0.176. The Balaban J connectivity index is 1.91. The fourth-order valence-electron chi connectivity index (χ4n) is 3.05. The highest BCUT2D eigenvalue weighted by atomic mass is 32.2. The lowest BCUT2D eigenvalue weighted by molar-refractivity contribution is -0.116. The van der Waals surface area contributed by atoms with Gasteiger partial charge in [0.25, 0.3) is 0 Å². The predicted octanol–water partition coefficient (Wildman–Crippen LogP) is 2.01. The van der Waals surface area contributed by atoms with E-state index in [1.165, 1.54) is 17.7 Å². The molecular formula is C17H24N2O5S. The summed E-state index contributed by atoms with van der Waals surface area (Å²) in [5, 5.41) is 2.71. The number of nitrogens with zero attached hydrogens (tertiary/aromatic N) is 1. The standard InChI is InChI=1S/C17H24N2O5S/c1-24-17(21)13-7-9-14(10-8-13)18-16(20)11-12-19(25(2,22)23)15-5-3-4-6-15/h7-10,15H,3-6,11-12H2,1-2H3,(H,18,20). The monoisotopic (exact) mass is 368 g/mol.